The molecule has 0 saturated heterocycles. The highest BCUT2D eigenvalue weighted by Gasteiger charge is 2.16. The van der Waals surface area contributed by atoms with Gasteiger partial charge in [0.05, 0.1) is 7.11 Å². The smallest absolute Gasteiger partial charge is 0.328 e. The first-order valence-electron chi connectivity index (χ1n) is 6.02. The number of carbonyl (C=O) groups excluding carboxylic acids is 2. The van der Waals surface area contributed by atoms with Crippen molar-refractivity contribution in [2.45, 2.75) is 26.8 Å². The molecule has 0 aromatic heterocycles. The summed E-state index contributed by atoms with van der Waals surface area (Å²) in [6, 6.07) is 4.97. The van der Waals surface area contributed by atoms with Crippen LogP contribution < -0.4 is 10.1 Å². The third kappa shape index (κ3) is 4.28. The molecule has 0 fully saturated rings. The van der Waals surface area contributed by atoms with Gasteiger partial charge >= 0.3 is 5.97 Å². The Kier molecular flexibility index (Phi) is 5.36. The summed E-state index contributed by atoms with van der Waals surface area (Å²) in [4.78, 5) is 22.7. The summed E-state index contributed by atoms with van der Waals surface area (Å²) in [7, 11) is 1.28. The van der Waals surface area contributed by atoms with Crippen LogP contribution in [0.4, 0.5) is 0 Å². The Bertz CT molecular complexity index is 471. The van der Waals surface area contributed by atoms with E-state index in [2.05, 4.69) is 10.1 Å². The molecule has 1 N–H and O–H groups in total. The summed E-state index contributed by atoms with van der Waals surface area (Å²) in [6.45, 7) is 5.33. The van der Waals surface area contributed by atoms with Crippen molar-refractivity contribution < 1.29 is 19.1 Å². The zero-order valence-electron chi connectivity index (χ0n) is 11.6. The highest BCUT2D eigenvalue weighted by atomic mass is 16.5. The van der Waals surface area contributed by atoms with Gasteiger partial charge in [-0.3, -0.25) is 4.79 Å². The zero-order chi connectivity index (χ0) is 14.4. The summed E-state index contributed by atoms with van der Waals surface area (Å²) in [6.07, 6.45) is 0. The van der Waals surface area contributed by atoms with Gasteiger partial charge < -0.3 is 14.8 Å². The van der Waals surface area contributed by atoms with Gasteiger partial charge in [-0.15, -0.1) is 0 Å². The van der Waals surface area contributed by atoms with Crippen LogP contribution in [0.25, 0.3) is 0 Å². The first kappa shape index (κ1) is 15.0. The van der Waals surface area contributed by atoms with Crippen LogP contribution in [0.2, 0.25) is 0 Å². The molecule has 1 aromatic carbocycles. The van der Waals surface area contributed by atoms with Crippen molar-refractivity contribution >= 4 is 11.9 Å². The van der Waals surface area contributed by atoms with Gasteiger partial charge in [-0.1, -0.05) is 12.1 Å². The standard InChI is InChI=1S/C14H19NO4/c1-9-6-5-7-12(10(9)2)19-8-13(16)15-11(3)14(17)18-4/h5-7,11H,8H2,1-4H3,(H,15,16). The average Bonchev–Trinajstić information content (AvgIpc) is 2.39. The van der Waals surface area contributed by atoms with Gasteiger partial charge in [-0.25, -0.2) is 4.79 Å². The Morgan fingerprint density at radius 2 is 2.00 bits per heavy atom. The van der Waals surface area contributed by atoms with E-state index in [1.807, 2.05) is 26.0 Å². The molecule has 0 spiro atoms. The molecule has 19 heavy (non-hydrogen) atoms. The number of rotatable bonds is 5. The Balaban J connectivity index is 2.51. The second-order valence-electron chi connectivity index (χ2n) is 4.30. The van der Waals surface area contributed by atoms with Gasteiger partial charge in [0.15, 0.2) is 6.61 Å². The van der Waals surface area contributed by atoms with Crippen LogP contribution in [-0.4, -0.2) is 31.6 Å². The molecule has 0 aliphatic heterocycles. The van der Waals surface area contributed by atoms with Crippen molar-refractivity contribution in [1.82, 2.24) is 5.32 Å². The minimum Gasteiger partial charge on any atom is -0.483 e. The Morgan fingerprint density at radius 1 is 1.32 bits per heavy atom. The molecule has 0 aliphatic rings. The lowest BCUT2D eigenvalue weighted by molar-refractivity contribution is -0.144. The molecule has 1 amide bonds. The van der Waals surface area contributed by atoms with E-state index in [9.17, 15) is 9.59 Å². The Labute approximate surface area is 112 Å². The van der Waals surface area contributed by atoms with Crippen LogP contribution in [0.5, 0.6) is 5.75 Å². The molecular formula is C14H19NO4. The van der Waals surface area contributed by atoms with Crippen LogP contribution >= 0.6 is 0 Å². The third-order valence-corrected chi connectivity index (χ3v) is 2.85. The highest BCUT2D eigenvalue weighted by Crippen LogP contribution is 2.20. The molecule has 1 unspecified atom stereocenters. The summed E-state index contributed by atoms with van der Waals surface area (Å²) in [5.74, 6) is -0.181. The van der Waals surface area contributed by atoms with Gasteiger partial charge in [0.2, 0.25) is 0 Å². The molecule has 1 rings (SSSR count). The lowest BCUT2D eigenvalue weighted by atomic mass is 10.1. The number of ether oxygens (including phenoxy) is 2. The fourth-order valence-electron chi connectivity index (χ4n) is 1.54. The van der Waals surface area contributed by atoms with Gasteiger partial charge in [0, 0.05) is 0 Å². The predicted octanol–water partition coefficient (Wildman–Crippen LogP) is 1.36. The largest absolute Gasteiger partial charge is 0.483 e. The topological polar surface area (TPSA) is 64.6 Å². The van der Waals surface area contributed by atoms with E-state index < -0.39 is 12.0 Å². The second-order valence-corrected chi connectivity index (χ2v) is 4.30. The molecule has 5 nitrogen and oxygen atoms in total. The van der Waals surface area contributed by atoms with Crippen LogP contribution in [0.1, 0.15) is 18.1 Å². The minimum atomic E-state index is -0.681. The van der Waals surface area contributed by atoms with Gasteiger partial charge in [-0.2, -0.15) is 0 Å². The molecule has 0 saturated carbocycles. The third-order valence-electron chi connectivity index (χ3n) is 2.85. The number of carbonyl (C=O) groups is 2. The maximum absolute atomic E-state index is 11.6. The van der Waals surface area contributed by atoms with E-state index in [1.165, 1.54) is 7.11 Å². The number of nitrogens with one attached hydrogen (secondary N) is 1. The van der Waals surface area contributed by atoms with Crippen LogP contribution in [0, 0.1) is 13.8 Å². The summed E-state index contributed by atoms with van der Waals surface area (Å²) >= 11 is 0. The van der Waals surface area contributed by atoms with E-state index in [0.717, 1.165) is 11.1 Å². The molecule has 5 heteroatoms. The number of esters is 1. The molecule has 104 valence electrons. The van der Waals surface area contributed by atoms with E-state index in [0.29, 0.717) is 5.75 Å². The van der Waals surface area contributed by atoms with Crippen molar-refractivity contribution in [2.24, 2.45) is 0 Å². The van der Waals surface area contributed by atoms with E-state index in [1.54, 1.807) is 13.0 Å². The predicted molar refractivity (Wildman–Crippen MR) is 71.0 cm³/mol. The zero-order valence-corrected chi connectivity index (χ0v) is 11.6. The monoisotopic (exact) mass is 265 g/mol. The SMILES string of the molecule is COC(=O)C(C)NC(=O)COc1cccc(C)c1C. The maximum atomic E-state index is 11.6. The number of benzene rings is 1. The fraction of sp³-hybridized carbons (Fsp3) is 0.429. The van der Waals surface area contributed by atoms with Crippen molar-refractivity contribution in [3.05, 3.63) is 29.3 Å². The van der Waals surface area contributed by atoms with Crippen molar-refractivity contribution in [3.8, 4) is 5.75 Å². The quantitative estimate of drug-likeness (QED) is 0.816. The van der Waals surface area contributed by atoms with Crippen molar-refractivity contribution in [2.75, 3.05) is 13.7 Å². The van der Waals surface area contributed by atoms with Crippen LogP contribution in [-0.2, 0) is 14.3 Å². The Morgan fingerprint density at radius 3 is 2.63 bits per heavy atom. The normalized spacial score (nSPS) is 11.6. The van der Waals surface area contributed by atoms with Crippen molar-refractivity contribution in [3.63, 3.8) is 0 Å². The van der Waals surface area contributed by atoms with Crippen LogP contribution in [0.3, 0.4) is 0 Å². The summed E-state index contributed by atoms with van der Waals surface area (Å²) < 4.78 is 9.95. The van der Waals surface area contributed by atoms with E-state index in [-0.39, 0.29) is 12.5 Å². The average molecular weight is 265 g/mol. The van der Waals surface area contributed by atoms with Crippen molar-refractivity contribution in [1.29, 1.82) is 0 Å². The minimum absolute atomic E-state index is 0.133. The molecular weight excluding hydrogens is 246 g/mol. The fourth-order valence-corrected chi connectivity index (χ4v) is 1.54. The molecule has 1 aromatic rings. The number of hydrogen-bond donors (Lipinski definition) is 1. The number of hydrogen-bond acceptors (Lipinski definition) is 4. The molecule has 0 bridgehead atoms. The van der Waals surface area contributed by atoms with E-state index in [4.69, 9.17) is 4.74 Å². The first-order valence-corrected chi connectivity index (χ1v) is 6.02. The molecule has 0 radical (unpaired) electrons. The lowest BCUT2D eigenvalue weighted by Crippen LogP contribution is -2.41. The first-order chi connectivity index (χ1) is 8.95. The summed E-state index contributed by atoms with van der Waals surface area (Å²) in [5, 5.41) is 2.50. The number of aryl methyl sites for hydroxylation is 1. The highest BCUT2D eigenvalue weighted by molar-refractivity contribution is 5.84. The summed E-state index contributed by atoms with van der Waals surface area (Å²) in [5.41, 5.74) is 2.09. The van der Waals surface area contributed by atoms with Gasteiger partial charge in [-0.05, 0) is 38.0 Å². The lowest BCUT2D eigenvalue weighted by Gasteiger charge is -2.13. The maximum Gasteiger partial charge on any atom is 0.328 e. The molecule has 0 heterocycles. The van der Waals surface area contributed by atoms with Crippen LogP contribution in [0.15, 0.2) is 18.2 Å². The molecule has 0 aliphatic carbocycles. The number of methoxy groups -OCH3 is 1. The molecule has 1 atom stereocenters. The van der Waals surface area contributed by atoms with Gasteiger partial charge in [0.1, 0.15) is 11.8 Å². The second kappa shape index (κ2) is 6.78. The van der Waals surface area contributed by atoms with Gasteiger partial charge in [0.25, 0.3) is 5.91 Å². The van der Waals surface area contributed by atoms with E-state index >= 15 is 0 Å². The number of amides is 1. The Hall–Kier alpha value is -2.04.